The molecule has 58 valence electrons. The van der Waals surface area contributed by atoms with E-state index in [1.165, 1.54) is 23.2 Å². The molecule has 0 aliphatic carbocycles. The Balaban J connectivity index is 3.21. The van der Waals surface area contributed by atoms with Crippen molar-refractivity contribution in [3.05, 3.63) is 0 Å². The fraction of sp³-hybridized carbons (Fsp3) is 1.00. The first-order valence-corrected chi connectivity index (χ1v) is 14.6. The van der Waals surface area contributed by atoms with Gasteiger partial charge in [0.05, 0.1) is 0 Å². The van der Waals surface area contributed by atoms with E-state index in [1.54, 1.807) is 7.11 Å². The van der Waals surface area contributed by atoms with Crippen LogP contribution in [0.2, 0.25) is 3.93 Å². The molecule has 1 unspecified atom stereocenters. The van der Waals surface area contributed by atoms with Crippen molar-refractivity contribution in [3.8, 4) is 0 Å². The third kappa shape index (κ3) is 5.93. The molecule has 0 aromatic rings. The molecule has 1 nitrogen and oxygen atoms in total. The summed E-state index contributed by atoms with van der Waals surface area (Å²) in [6, 6.07) is 0. The second kappa shape index (κ2) is 8.28. The molecule has 3 heteroatoms. The molecule has 0 fully saturated rings. The quantitative estimate of drug-likeness (QED) is 0.669. The summed E-state index contributed by atoms with van der Waals surface area (Å²) in [6.07, 6.45) is 4.24. The molecule has 1 atom stereocenters. The Morgan fingerprint density at radius 1 is 1.60 bits per heavy atom. The normalized spacial score (nSPS) is 12.7. The van der Waals surface area contributed by atoms with Crippen LogP contribution in [0.1, 0.15) is 26.2 Å². The van der Waals surface area contributed by atoms with Gasteiger partial charge in [0, 0.05) is 0 Å². The zero-order valence-corrected chi connectivity index (χ0v) is 13.2. The average Bonchev–Trinajstić information content (AvgIpc) is 1.98. The average molecular weight is 351 g/mol. The summed E-state index contributed by atoms with van der Waals surface area (Å²) >= 11 is -0.947. The standard InChI is InChI=1S/C7H15O.ClH.Hg/c1-4-5-6-7(2)8-3;;/h7H,2,4-6H2,1,3H3;1H;/q;;+1/p-1. The van der Waals surface area contributed by atoms with Gasteiger partial charge in [-0.1, -0.05) is 0 Å². The van der Waals surface area contributed by atoms with Crippen LogP contribution in [0, 0.1) is 0 Å². The van der Waals surface area contributed by atoms with Gasteiger partial charge in [-0.2, -0.15) is 0 Å². The Labute approximate surface area is 79.3 Å². The monoisotopic (exact) mass is 352 g/mol. The Morgan fingerprint density at radius 2 is 2.30 bits per heavy atom. The second-order valence-corrected chi connectivity index (χ2v) is 9.51. The van der Waals surface area contributed by atoms with Gasteiger partial charge in [-0.05, 0) is 0 Å². The van der Waals surface area contributed by atoms with Gasteiger partial charge in [-0.15, -0.1) is 0 Å². The van der Waals surface area contributed by atoms with Crippen molar-refractivity contribution >= 4 is 8.25 Å². The number of unbranched alkanes of at least 4 members (excludes halogenated alkanes) is 1. The summed E-state index contributed by atoms with van der Waals surface area (Å²) in [5.41, 5.74) is 0. The maximum absolute atomic E-state index is 5.80. The molecular formula is C7H15ClHgO. The maximum atomic E-state index is 5.80. The molecule has 0 aliphatic heterocycles. The van der Waals surface area contributed by atoms with Crippen LogP contribution in [-0.4, -0.2) is 13.2 Å². The Kier molecular flexibility index (Phi) is 9.26. The van der Waals surface area contributed by atoms with Crippen molar-refractivity contribution in [1.82, 2.24) is 0 Å². The van der Waals surface area contributed by atoms with E-state index in [2.05, 4.69) is 6.92 Å². The van der Waals surface area contributed by atoms with Crippen molar-refractivity contribution < 1.29 is 28.1 Å². The van der Waals surface area contributed by atoms with Crippen LogP contribution in [0.4, 0.5) is 0 Å². The second-order valence-electron chi connectivity index (χ2n) is 2.48. The number of rotatable bonds is 6. The van der Waals surface area contributed by atoms with Gasteiger partial charge in [0.2, 0.25) is 0 Å². The van der Waals surface area contributed by atoms with Gasteiger partial charge in [-0.25, -0.2) is 0 Å². The van der Waals surface area contributed by atoms with Gasteiger partial charge in [0.1, 0.15) is 0 Å². The van der Waals surface area contributed by atoms with Crippen LogP contribution >= 0.6 is 8.25 Å². The molecule has 0 aromatic carbocycles. The van der Waals surface area contributed by atoms with E-state index in [0.29, 0.717) is 6.10 Å². The van der Waals surface area contributed by atoms with Crippen molar-refractivity contribution in [1.29, 1.82) is 0 Å². The first-order chi connectivity index (χ1) is 4.85. The Bertz CT molecular complexity index is 70.6. The van der Waals surface area contributed by atoms with Crippen LogP contribution in [-0.2, 0) is 28.1 Å². The van der Waals surface area contributed by atoms with Gasteiger partial charge in [0.25, 0.3) is 0 Å². The van der Waals surface area contributed by atoms with Crippen molar-refractivity contribution in [2.24, 2.45) is 0 Å². The van der Waals surface area contributed by atoms with E-state index in [-0.39, 0.29) is 0 Å². The van der Waals surface area contributed by atoms with Gasteiger partial charge in [-0.3, -0.25) is 0 Å². The molecule has 0 amide bonds. The van der Waals surface area contributed by atoms with E-state index in [9.17, 15) is 0 Å². The summed E-state index contributed by atoms with van der Waals surface area (Å²) in [7, 11) is 7.59. The third-order valence-corrected chi connectivity index (χ3v) is 6.91. The fourth-order valence-electron chi connectivity index (χ4n) is 0.934. The SMILES string of the molecule is CCCCC([CH2][Hg][Cl])OC. The summed E-state index contributed by atoms with van der Waals surface area (Å²) in [6.45, 7) is 2.21. The summed E-state index contributed by atoms with van der Waals surface area (Å²) in [4.78, 5) is 0. The molecular weight excluding hydrogens is 336 g/mol. The summed E-state index contributed by atoms with van der Waals surface area (Å²) < 4.78 is 6.47. The molecule has 0 spiro atoms. The van der Waals surface area contributed by atoms with Gasteiger partial charge in [0.15, 0.2) is 0 Å². The van der Waals surface area contributed by atoms with E-state index >= 15 is 0 Å². The summed E-state index contributed by atoms with van der Waals surface area (Å²) in [5, 5.41) is 0. The third-order valence-electron chi connectivity index (χ3n) is 1.64. The predicted octanol–water partition coefficient (Wildman–Crippen LogP) is 2.85. The topological polar surface area (TPSA) is 9.23 Å². The number of ether oxygens (including phenoxy) is 1. The molecule has 0 rings (SSSR count). The molecule has 10 heavy (non-hydrogen) atoms. The van der Waals surface area contributed by atoms with Crippen LogP contribution in [0.15, 0.2) is 0 Å². The van der Waals surface area contributed by atoms with Gasteiger partial charge < -0.3 is 0 Å². The molecule has 0 radical (unpaired) electrons. The zero-order valence-electron chi connectivity index (χ0n) is 6.90. The number of halogens is 1. The molecule has 0 bridgehead atoms. The molecule has 0 saturated heterocycles. The van der Waals surface area contributed by atoms with Crippen LogP contribution in [0.25, 0.3) is 0 Å². The first kappa shape index (κ1) is 11.2. The Morgan fingerprint density at radius 3 is 2.70 bits per heavy atom. The predicted molar refractivity (Wildman–Crippen MR) is 41.0 cm³/mol. The fourth-order valence-corrected chi connectivity index (χ4v) is 6.05. The first-order valence-electron chi connectivity index (χ1n) is 3.93. The molecule has 0 aliphatic rings. The number of hydrogen-bond donors (Lipinski definition) is 0. The van der Waals surface area contributed by atoms with Crippen LogP contribution in [0.5, 0.6) is 0 Å². The van der Waals surface area contributed by atoms with E-state index in [0.717, 1.165) is 0 Å². The van der Waals surface area contributed by atoms with E-state index < -0.39 is 23.3 Å². The summed E-state index contributed by atoms with van der Waals surface area (Å²) in [5.74, 6) is 0. The molecule has 0 heterocycles. The van der Waals surface area contributed by atoms with Gasteiger partial charge >= 0.3 is 79.7 Å². The molecule has 0 saturated carbocycles. The molecule has 0 aromatic heterocycles. The zero-order chi connectivity index (χ0) is 7.82. The number of methoxy groups -OCH3 is 1. The molecule has 0 N–H and O–H groups in total. The van der Waals surface area contributed by atoms with E-state index in [4.69, 9.17) is 13.0 Å². The van der Waals surface area contributed by atoms with E-state index in [1.807, 2.05) is 0 Å². The Hall–Kier alpha value is 1.19. The van der Waals surface area contributed by atoms with Crippen LogP contribution in [0.3, 0.4) is 0 Å². The van der Waals surface area contributed by atoms with Crippen molar-refractivity contribution in [3.63, 3.8) is 0 Å². The van der Waals surface area contributed by atoms with Crippen molar-refractivity contribution in [2.45, 2.75) is 36.2 Å². The van der Waals surface area contributed by atoms with Crippen LogP contribution < -0.4 is 0 Å². The minimum absolute atomic E-state index is 0.485. The van der Waals surface area contributed by atoms with Crippen molar-refractivity contribution in [2.75, 3.05) is 7.11 Å². The minimum atomic E-state index is -0.947. The number of hydrogen-bond acceptors (Lipinski definition) is 1.